The van der Waals surface area contributed by atoms with Crippen LogP contribution in [0.25, 0.3) is 0 Å². The molecular weight excluding hydrogens is 350 g/mol. The molecule has 0 radical (unpaired) electrons. The quantitative estimate of drug-likeness (QED) is 0.893. The summed E-state index contributed by atoms with van der Waals surface area (Å²) in [6, 6.07) is 8.07. The maximum Gasteiger partial charge on any atom is 0.231 e. The second-order valence-electron chi connectivity index (χ2n) is 6.73. The van der Waals surface area contributed by atoms with Crippen LogP contribution in [0.5, 0.6) is 0 Å². The van der Waals surface area contributed by atoms with Gasteiger partial charge in [-0.05, 0) is 44.0 Å². The smallest absolute Gasteiger partial charge is 0.231 e. The minimum Gasteiger partial charge on any atom is -0.372 e. The van der Waals surface area contributed by atoms with E-state index in [1.807, 2.05) is 19.1 Å². The van der Waals surface area contributed by atoms with E-state index in [9.17, 15) is 9.59 Å². The van der Waals surface area contributed by atoms with E-state index in [1.54, 1.807) is 4.90 Å². The van der Waals surface area contributed by atoms with E-state index < -0.39 is 0 Å². The lowest BCUT2D eigenvalue weighted by Gasteiger charge is -2.20. The first-order valence-electron chi connectivity index (χ1n) is 8.86. The molecule has 0 bridgehead atoms. The minimum atomic E-state index is -0.370. The summed E-state index contributed by atoms with van der Waals surface area (Å²) in [5, 5.41) is 11.8. The first kappa shape index (κ1) is 17.0. The van der Waals surface area contributed by atoms with E-state index in [0.29, 0.717) is 11.7 Å². The molecule has 2 aliphatic rings. The fourth-order valence-corrected chi connectivity index (χ4v) is 4.10. The molecule has 1 aromatic carbocycles. The molecule has 0 aliphatic carbocycles. The standard InChI is InChI=1S/C18H21N5O2S/c1-12-20-21-18(26-12)19-17(25)13-10-16(24)23(11-13)15-6-4-14(5-7-15)22-8-2-3-9-22/h4-7,13H,2-3,8-11H2,1H3,(H,19,21,25). The maximum absolute atomic E-state index is 12.4. The van der Waals surface area contributed by atoms with Gasteiger partial charge in [-0.15, -0.1) is 10.2 Å². The molecular formula is C18H21N5O2S. The van der Waals surface area contributed by atoms with Gasteiger partial charge in [0, 0.05) is 37.4 Å². The highest BCUT2D eigenvalue weighted by molar-refractivity contribution is 7.15. The van der Waals surface area contributed by atoms with Crippen LogP contribution in [0.15, 0.2) is 24.3 Å². The van der Waals surface area contributed by atoms with Crippen LogP contribution in [0.3, 0.4) is 0 Å². The van der Waals surface area contributed by atoms with Crippen LogP contribution in [0, 0.1) is 12.8 Å². The van der Waals surface area contributed by atoms with Crippen molar-refractivity contribution in [2.75, 3.05) is 34.8 Å². The molecule has 4 rings (SSSR count). The van der Waals surface area contributed by atoms with Crippen molar-refractivity contribution < 1.29 is 9.59 Å². The number of rotatable bonds is 4. The number of aromatic nitrogens is 2. The number of nitrogens with one attached hydrogen (secondary N) is 1. The first-order chi connectivity index (χ1) is 12.6. The van der Waals surface area contributed by atoms with Crippen LogP contribution in [0.4, 0.5) is 16.5 Å². The second kappa shape index (κ2) is 7.03. The second-order valence-corrected chi connectivity index (χ2v) is 7.91. The van der Waals surface area contributed by atoms with Gasteiger partial charge in [0.2, 0.25) is 16.9 Å². The SMILES string of the molecule is Cc1nnc(NC(=O)C2CC(=O)N(c3ccc(N4CCCC4)cc3)C2)s1. The summed E-state index contributed by atoms with van der Waals surface area (Å²) in [5.41, 5.74) is 2.04. The Bertz CT molecular complexity index is 813. The molecule has 2 aliphatic heterocycles. The molecule has 1 atom stereocenters. The molecule has 8 heteroatoms. The Hall–Kier alpha value is -2.48. The molecule has 2 aromatic rings. The Kier molecular flexibility index (Phi) is 4.58. The summed E-state index contributed by atoms with van der Waals surface area (Å²) in [4.78, 5) is 28.9. The third kappa shape index (κ3) is 3.41. The van der Waals surface area contributed by atoms with Gasteiger partial charge >= 0.3 is 0 Å². The normalized spacial score (nSPS) is 20.0. The van der Waals surface area contributed by atoms with Crippen molar-refractivity contribution in [3.05, 3.63) is 29.3 Å². The number of anilines is 3. The monoisotopic (exact) mass is 371 g/mol. The number of nitrogens with zero attached hydrogens (tertiary/aromatic N) is 4. The maximum atomic E-state index is 12.4. The summed E-state index contributed by atoms with van der Waals surface area (Å²) in [5.74, 6) is -0.567. The fraction of sp³-hybridized carbons (Fsp3) is 0.444. The van der Waals surface area contributed by atoms with E-state index in [1.165, 1.54) is 29.9 Å². The Morgan fingerprint density at radius 2 is 1.85 bits per heavy atom. The van der Waals surface area contributed by atoms with Crippen LogP contribution in [-0.2, 0) is 9.59 Å². The molecule has 2 amide bonds. The molecule has 26 heavy (non-hydrogen) atoms. The van der Waals surface area contributed by atoms with Crippen LogP contribution in [0.1, 0.15) is 24.3 Å². The number of carbonyl (C=O) groups excluding carboxylic acids is 2. The number of aryl methyl sites for hydroxylation is 1. The average Bonchev–Trinajstić information content (AvgIpc) is 3.37. The predicted octanol–water partition coefficient (Wildman–Crippen LogP) is 2.44. The third-order valence-corrected chi connectivity index (χ3v) is 5.64. The zero-order valence-electron chi connectivity index (χ0n) is 14.6. The van der Waals surface area contributed by atoms with Crippen LogP contribution >= 0.6 is 11.3 Å². The lowest BCUT2D eigenvalue weighted by Crippen LogP contribution is -2.28. The van der Waals surface area contributed by atoms with Crippen molar-refractivity contribution in [3.8, 4) is 0 Å². The minimum absolute atomic E-state index is 0.0208. The molecule has 1 unspecified atom stereocenters. The lowest BCUT2D eigenvalue weighted by atomic mass is 10.1. The number of amides is 2. The highest BCUT2D eigenvalue weighted by Gasteiger charge is 2.35. The van der Waals surface area contributed by atoms with E-state index in [-0.39, 0.29) is 24.2 Å². The highest BCUT2D eigenvalue weighted by Crippen LogP contribution is 2.29. The van der Waals surface area contributed by atoms with Crippen molar-refractivity contribution >= 4 is 39.7 Å². The van der Waals surface area contributed by atoms with Crippen molar-refractivity contribution in [1.82, 2.24) is 10.2 Å². The Balaban J connectivity index is 1.41. The summed E-state index contributed by atoms with van der Waals surface area (Å²) in [6.45, 7) is 4.41. The highest BCUT2D eigenvalue weighted by atomic mass is 32.1. The Morgan fingerprint density at radius 1 is 1.15 bits per heavy atom. The third-order valence-electron chi connectivity index (χ3n) is 4.88. The van der Waals surface area contributed by atoms with Crippen molar-refractivity contribution in [1.29, 1.82) is 0 Å². The first-order valence-corrected chi connectivity index (χ1v) is 9.68. The van der Waals surface area contributed by atoms with Gasteiger partial charge in [-0.3, -0.25) is 9.59 Å². The summed E-state index contributed by atoms with van der Waals surface area (Å²) in [7, 11) is 0. The van der Waals surface area contributed by atoms with Gasteiger partial charge in [0.15, 0.2) is 0 Å². The van der Waals surface area contributed by atoms with E-state index in [4.69, 9.17) is 0 Å². The van der Waals surface area contributed by atoms with Gasteiger partial charge in [0.05, 0.1) is 5.92 Å². The zero-order valence-corrected chi connectivity index (χ0v) is 15.5. The number of carbonyl (C=O) groups is 2. The van der Waals surface area contributed by atoms with Crippen molar-refractivity contribution in [3.63, 3.8) is 0 Å². The zero-order chi connectivity index (χ0) is 18.1. The van der Waals surface area contributed by atoms with Crippen LogP contribution < -0.4 is 15.1 Å². The lowest BCUT2D eigenvalue weighted by molar-refractivity contribution is -0.122. The average molecular weight is 371 g/mol. The molecule has 3 heterocycles. The summed E-state index contributed by atoms with van der Waals surface area (Å²) < 4.78 is 0. The van der Waals surface area contributed by atoms with Crippen LogP contribution in [0.2, 0.25) is 0 Å². The fourth-order valence-electron chi connectivity index (χ4n) is 3.51. The molecule has 1 N–H and O–H groups in total. The number of hydrogen-bond acceptors (Lipinski definition) is 6. The molecule has 7 nitrogen and oxygen atoms in total. The number of benzene rings is 1. The predicted molar refractivity (Wildman–Crippen MR) is 102 cm³/mol. The molecule has 0 spiro atoms. The summed E-state index contributed by atoms with van der Waals surface area (Å²) in [6.07, 6.45) is 2.69. The molecule has 0 saturated carbocycles. The molecule has 2 saturated heterocycles. The van der Waals surface area contributed by atoms with Crippen molar-refractivity contribution in [2.45, 2.75) is 26.2 Å². The van der Waals surface area contributed by atoms with E-state index in [2.05, 4.69) is 32.5 Å². The van der Waals surface area contributed by atoms with Gasteiger partial charge in [-0.1, -0.05) is 11.3 Å². The Morgan fingerprint density at radius 3 is 2.50 bits per heavy atom. The van der Waals surface area contributed by atoms with Crippen LogP contribution in [-0.4, -0.2) is 41.6 Å². The molecule has 2 fully saturated rings. The largest absolute Gasteiger partial charge is 0.372 e. The van der Waals surface area contributed by atoms with E-state index in [0.717, 1.165) is 23.8 Å². The van der Waals surface area contributed by atoms with Gasteiger partial charge in [-0.2, -0.15) is 0 Å². The van der Waals surface area contributed by atoms with Gasteiger partial charge < -0.3 is 15.1 Å². The topological polar surface area (TPSA) is 78.4 Å². The van der Waals surface area contributed by atoms with E-state index >= 15 is 0 Å². The summed E-state index contributed by atoms with van der Waals surface area (Å²) >= 11 is 1.33. The van der Waals surface area contributed by atoms with Gasteiger partial charge in [-0.25, -0.2) is 0 Å². The number of hydrogen-bond donors (Lipinski definition) is 1. The molecule has 1 aromatic heterocycles. The Labute approximate surface area is 156 Å². The van der Waals surface area contributed by atoms with Crippen molar-refractivity contribution in [2.24, 2.45) is 5.92 Å². The molecule has 136 valence electrons. The van der Waals surface area contributed by atoms with Gasteiger partial charge in [0.25, 0.3) is 0 Å². The van der Waals surface area contributed by atoms with Gasteiger partial charge in [0.1, 0.15) is 5.01 Å².